The van der Waals surface area contributed by atoms with E-state index in [1.165, 1.54) is 16.4 Å². The standard InChI is InChI=1S/C23H32N4O3S/c1-17(2)16-27-18(3)13-21(19(27)4)15-24-25-23(28)20-9-8-10-22(14-20)31(29,30)26-11-6-5-7-12-26/h8-10,13-15,17H,5-7,11-12,16H2,1-4H3,(H,25,28)/b24-15+. The lowest BCUT2D eigenvalue weighted by atomic mass is 10.2. The second-order valence-electron chi connectivity index (χ2n) is 8.52. The van der Waals surface area contributed by atoms with E-state index in [-0.39, 0.29) is 10.5 Å². The van der Waals surface area contributed by atoms with E-state index in [1.807, 2.05) is 13.0 Å². The minimum atomic E-state index is -3.59. The lowest BCUT2D eigenvalue weighted by Gasteiger charge is -2.25. The van der Waals surface area contributed by atoms with Gasteiger partial charge in [-0.15, -0.1) is 0 Å². The molecule has 168 valence electrons. The zero-order valence-electron chi connectivity index (χ0n) is 18.8. The number of piperidine rings is 1. The molecule has 1 N–H and O–H groups in total. The van der Waals surface area contributed by atoms with Gasteiger partial charge in [0.05, 0.1) is 11.1 Å². The van der Waals surface area contributed by atoms with Crippen LogP contribution in [0.15, 0.2) is 40.3 Å². The summed E-state index contributed by atoms with van der Waals surface area (Å²) in [7, 11) is -3.59. The van der Waals surface area contributed by atoms with Crippen LogP contribution in [0.1, 0.15) is 60.4 Å². The maximum absolute atomic E-state index is 12.9. The van der Waals surface area contributed by atoms with Gasteiger partial charge >= 0.3 is 0 Å². The molecule has 0 unspecified atom stereocenters. The highest BCUT2D eigenvalue weighted by molar-refractivity contribution is 7.89. The molecule has 0 bridgehead atoms. The first kappa shape index (κ1) is 23.2. The molecule has 1 amide bonds. The van der Waals surface area contributed by atoms with Gasteiger partial charge < -0.3 is 4.57 Å². The van der Waals surface area contributed by atoms with Crippen LogP contribution in [0.2, 0.25) is 0 Å². The van der Waals surface area contributed by atoms with E-state index in [4.69, 9.17) is 0 Å². The van der Waals surface area contributed by atoms with Gasteiger partial charge in [-0.05, 0) is 56.9 Å². The zero-order valence-corrected chi connectivity index (χ0v) is 19.6. The Kier molecular flexibility index (Phi) is 7.33. The number of nitrogens with zero attached hydrogens (tertiary/aromatic N) is 3. The highest BCUT2D eigenvalue weighted by atomic mass is 32.2. The van der Waals surface area contributed by atoms with Crippen LogP contribution in [0.4, 0.5) is 0 Å². The number of nitrogens with one attached hydrogen (secondary N) is 1. The zero-order chi connectivity index (χ0) is 22.6. The molecule has 1 aliphatic rings. The maximum atomic E-state index is 12.9. The van der Waals surface area contributed by atoms with Crippen molar-refractivity contribution in [3.05, 3.63) is 52.8 Å². The Morgan fingerprint density at radius 3 is 2.55 bits per heavy atom. The molecule has 1 aromatic heterocycles. The smallest absolute Gasteiger partial charge is 0.271 e. The summed E-state index contributed by atoms with van der Waals surface area (Å²) in [6.07, 6.45) is 4.41. The fourth-order valence-electron chi connectivity index (χ4n) is 3.88. The Balaban J connectivity index is 1.71. The predicted molar refractivity (Wildman–Crippen MR) is 123 cm³/mol. The molecule has 0 radical (unpaired) electrons. The second-order valence-corrected chi connectivity index (χ2v) is 10.5. The summed E-state index contributed by atoms with van der Waals surface area (Å²) in [6, 6.07) is 8.18. The molecule has 1 fully saturated rings. The van der Waals surface area contributed by atoms with Crippen molar-refractivity contribution < 1.29 is 13.2 Å². The SMILES string of the molecule is Cc1cc(/C=N/NC(=O)c2cccc(S(=O)(=O)N3CCCCC3)c2)c(C)n1CC(C)C. The number of aryl methyl sites for hydroxylation is 1. The number of carbonyl (C=O) groups is 1. The van der Waals surface area contributed by atoms with Gasteiger partial charge in [0.1, 0.15) is 0 Å². The van der Waals surface area contributed by atoms with Gasteiger partial charge in [-0.1, -0.05) is 26.3 Å². The van der Waals surface area contributed by atoms with Crippen molar-refractivity contribution in [3.8, 4) is 0 Å². The molecular weight excluding hydrogens is 412 g/mol. The lowest BCUT2D eigenvalue weighted by Crippen LogP contribution is -2.35. The summed E-state index contributed by atoms with van der Waals surface area (Å²) >= 11 is 0. The van der Waals surface area contributed by atoms with Crippen LogP contribution < -0.4 is 5.43 Å². The number of benzene rings is 1. The van der Waals surface area contributed by atoms with E-state index in [0.717, 1.165) is 42.8 Å². The van der Waals surface area contributed by atoms with Crippen LogP contribution in [-0.2, 0) is 16.6 Å². The van der Waals surface area contributed by atoms with Crippen molar-refractivity contribution in [3.63, 3.8) is 0 Å². The lowest BCUT2D eigenvalue weighted by molar-refractivity contribution is 0.0955. The Bertz CT molecular complexity index is 1060. The summed E-state index contributed by atoms with van der Waals surface area (Å²) in [6.45, 7) is 10.4. The predicted octanol–water partition coefficient (Wildman–Crippen LogP) is 3.70. The van der Waals surface area contributed by atoms with Gasteiger partial charge in [0.15, 0.2) is 0 Å². The molecule has 3 rings (SSSR count). The van der Waals surface area contributed by atoms with E-state index >= 15 is 0 Å². The minimum Gasteiger partial charge on any atom is -0.348 e. The molecular formula is C23H32N4O3S. The molecule has 0 saturated carbocycles. The average molecular weight is 445 g/mol. The molecule has 1 aromatic carbocycles. The quantitative estimate of drug-likeness (QED) is 0.522. The van der Waals surface area contributed by atoms with Crippen LogP contribution in [0.25, 0.3) is 0 Å². The number of carbonyl (C=O) groups excluding carboxylic acids is 1. The number of rotatable bonds is 7. The minimum absolute atomic E-state index is 0.142. The van der Waals surface area contributed by atoms with E-state index < -0.39 is 15.9 Å². The summed E-state index contributed by atoms with van der Waals surface area (Å²) in [5.41, 5.74) is 5.97. The molecule has 0 spiro atoms. The molecule has 0 atom stereocenters. The number of hydrogen-bond donors (Lipinski definition) is 1. The highest BCUT2D eigenvalue weighted by Crippen LogP contribution is 2.21. The van der Waals surface area contributed by atoms with E-state index in [9.17, 15) is 13.2 Å². The summed E-state index contributed by atoms with van der Waals surface area (Å²) in [4.78, 5) is 12.7. The van der Waals surface area contributed by atoms with Crippen molar-refractivity contribution in [1.29, 1.82) is 0 Å². The van der Waals surface area contributed by atoms with Gasteiger partial charge in [0.2, 0.25) is 10.0 Å². The Morgan fingerprint density at radius 1 is 1.16 bits per heavy atom. The Labute approximate surface area is 185 Å². The third-order valence-electron chi connectivity index (χ3n) is 5.58. The molecule has 2 heterocycles. The molecule has 1 saturated heterocycles. The number of hydrogen-bond acceptors (Lipinski definition) is 4. The first-order chi connectivity index (χ1) is 14.7. The number of sulfonamides is 1. The average Bonchev–Trinajstić information content (AvgIpc) is 3.01. The summed E-state index contributed by atoms with van der Waals surface area (Å²) < 4.78 is 29.5. The largest absolute Gasteiger partial charge is 0.348 e. The topological polar surface area (TPSA) is 83.8 Å². The van der Waals surface area contributed by atoms with Crippen molar-refractivity contribution in [1.82, 2.24) is 14.3 Å². The molecule has 1 aliphatic heterocycles. The van der Waals surface area contributed by atoms with Crippen LogP contribution in [-0.4, -0.2) is 42.5 Å². The van der Waals surface area contributed by atoms with Crippen molar-refractivity contribution in [2.75, 3.05) is 13.1 Å². The third-order valence-corrected chi connectivity index (χ3v) is 7.47. The normalized spacial score (nSPS) is 15.6. The van der Waals surface area contributed by atoms with Gasteiger partial charge in [0.25, 0.3) is 5.91 Å². The Morgan fingerprint density at radius 2 is 1.87 bits per heavy atom. The van der Waals surface area contributed by atoms with Gasteiger partial charge in [-0.3, -0.25) is 4.79 Å². The first-order valence-electron chi connectivity index (χ1n) is 10.8. The fraction of sp³-hybridized carbons (Fsp3) is 0.478. The van der Waals surface area contributed by atoms with Gasteiger partial charge in [-0.2, -0.15) is 9.41 Å². The fourth-order valence-corrected chi connectivity index (χ4v) is 5.45. The highest BCUT2D eigenvalue weighted by Gasteiger charge is 2.26. The van der Waals surface area contributed by atoms with Crippen molar-refractivity contribution in [2.24, 2.45) is 11.0 Å². The first-order valence-corrected chi connectivity index (χ1v) is 12.2. The number of amides is 1. The van der Waals surface area contributed by atoms with Crippen LogP contribution in [0.3, 0.4) is 0 Å². The van der Waals surface area contributed by atoms with E-state index in [1.54, 1.807) is 18.3 Å². The monoisotopic (exact) mass is 444 g/mol. The van der Waals surface area contributed by atoms with Crippen LogP contribution in [0.5, 0.6) is 0 Å². The van der Waals surface area contributed by atoms with Crippen molar-refractivity contribution >= 4 is 22.1 Å². The van der Waals surface area contributed by atoms with E-state index in [0.29, 0.717) is 19.0 Å². The molecule has 2 aromatic rings. The second kappa shape index (κ2) is 9.78. The van der Waals surface area contributed by atoms with Crippen molar-refractivity contribution in [2.45, 2.75) is 58.4 Å². The van der Waals surface area contributed by atoms with Gasteiger partial charge in [0, 0.05) is 42.1 Å². The number of aromatic nitrogens is 1. The summed E-state index contributed by atoms with van der Waals surface area (Å²) in [5, 5.41) is 4.10. The maximum Gasteiger partial charge on any atom is 0.271 e. The molecule has 0 aliphatic carbocycles. The molecule has 8 heteroatoms. The van der Waals surface area contributed by atoms with Gasteiger partial charge in [-0.25, -0.2) is 13.8 Å². The number of hydrazone groups is 1. The molecule has 7 nitrogen and oxygen atoms in total. The summed E-state index contributed by atoms with van der Waals surface area (Å²) in [5.74, 6) is 0.0886. The van der Waals surface area contributed by atoms with E-state index in [2.05, 4.69) is 35.9 Å². The Hall–Kier alpha value is -2.45. The molecule has 31 heavy (non-hydrogen) atoms. The van der Waals surface area contributed by atoms with Crippen LogP contribution in [0, 0.1) is 19.8 Å². The third kappa shape index (κ3) is 5.43. The van der Waals surface area contributed by atoms with Crippen LogP contribution >= 0.6 is 0 Å².